The van der Waals surface area contributed by atoms with Crippen molar-refractivity contribution in [2.75, 3.05) is 6.54 Å². The smallest absolute Gasteiger partial charge is 0.317 e. The van der Waals surface area contributed by atoms with Gasteiger partial charge in [0.25, 0.3) is 0 Å². The summed E-state index contributed by atoms with van der Waals surface area (Å²) in [5, 5.41) is 11.6. The third-order valence-electron chi connectivity index (χ3n) is 4.67. The number of hydrogen-bond acceptors (Lipinski definition) is 2. The molecular formula is C15H26N2O3. The standard InChI is InChI=1S/C15H26N2O3/c1-11(5-4-8-14(18)19)16-15(20)17-10-9-12-6-2-3-7-13(12)17/h11-13H,2-10H2,1H3,(H,16,20)(H,18,19). The number of carboxylic acids is 1. The molecule has 1 saturated carbocycles. The zero-order chi connectivity index (χ0) is 14.5. The number of carbonyl (C=O) groups excluding carboxylic acids is 1. The van der Waals surface area contributed by atoms with Gasteiger partial charge in [0.15, 0.2) is 0 Å². The number of likely N-dealkylation sites (tertiary alicyclic amines) is 1. The number of carbonyl (C=O) groups is 2. The summed E-state index contributed by atoms with van der Waals surface area (Å²) < 4.78 is 0. The van der Waals surface area contributed by atoms with Crippen LogP contribution in [0.15, 0.2) is 0 Å². The van der Waals surface area contributed by atoms with E-state index >= 15 is 0 Å². The van der Waals surface area contributed by atoms with Crippen LogP contribution in [0.2, 0.25) is 0 Å². The number of aliphatic carboxylic acids is 1. The highest BCUT2D eigenvalue weighted by Crippen LogP contribution is 2.36. The highest BCUT2D eigenvalue weighted by molar-refractivity contribution is 5.75. The molecule has 1 aliphatic carbocycles. The molecule has 2 amide bonds. The molecule has 3 atom stereocenters. The summed E-state index contributed by atoms with van der Waals surface area (Å²) in [5.41, 5.74) is 0. The molecule has 2 rings (SSSR count). The van der Waals surface area contributed by atoms with E-state index in [1.165, 1.54) is 19.3 Å². The van der Waals surface area contributed by atoms with Gasteiger partial charge in [0, 0.05) is 25.0 Å². The summed E-state index contributed by atoms with van der Waals surface area (Å²) in [5.74, 6) is -0.0649. The van der Waals surface area contributed by atoms with E-state index in [-0.39, 0.29) is 18.5 Å². The molecule has 0 bridgehead atoms. The maximum absolute atomic E-state index is 12.3. The van der Waals surface area contributed by atoms with Crippen LogP contribution in [0, 0.1) is 5.92 Å². The number of nitrogens with zero attached hydrogens (tertiary/aromatic N) is 1. The normalized spacial score (nSPS) is 26.9. The van der Waals surface area contributed by atoms with Crippen LogP contribution in [0.5, 0.6) is 0 Å². The number of amides is 2. The topological polar surface area (TPSA) is 69.6 Å². The van der Waals surface area contributed by atoms with Gasteiger partial charge in [0.1, 0.15) is 0 Å². The Kier molecular flexibility index (Phi) is 5.26. The second-order valence-electron chi connectivity index (χ2n) is 6.23. The molecule has 20 heavy (non-hydrogen) atoms. The number of urea groups is 1. The van der Waals surface area contributed by atoms with E-state index in [0.29, 0.717) is 18.4 Å². The van der Waals surface area contributed by atoms with Crippen LogP contribution in [0.1, 0.15) is 58.3 Å². The maximum Gasteiger partial charge on any atom is 0.317 e. The van der Waals surface area contributed by atoms with Gasteiger partial charge in [-0.05, 0) is 44.9 Å². The minimum atomic E-state index is -0.770. The number of rotatable bonds is 5. The fraction of sp³-hybridized carbons (Fsp3) is 0.867. The van der Waals surface area contributed by atoms with E-state index in [2.05, 4.69) is 5.32 Å². The van der Waals surface area contributed by atoms with Crippen molar-refractivity contribution >= 4 is 12.0 Å². The Bertz CT molecular complexity index is 359. The van der Waals surface area contributed by atoms with Crippen LogP contribution < -0.4 is 5.32 Å². The lowest BCUT2D eigenvalue weighted by Gasteiger charge is -2.32. The highest BCUT2D eigenvalue weighted by Gasteiger charge is 2.38. The van der Waals surface area contributed by atoms with Gasteiger partial charge in [-0.2, -0.15) is 0 Å². The summed E-state index contributed by atoms with van der Waals surface area (Å²) in [7, 11) is 0. The van der Waals surface area contributed by atoms with Gasteiger partial charge in [0.2, 0.25) is 0 Å². The van der Waals surface area contributed by atoms with E-state index < -0.39 is 5.97 Å². The SMILES string of the molecule is CC(CCCC(=O)O)NC(=O)N1CCC2CCCCC21. The fourth-order valence-electron chi connectivity index (χ4n) is 3.58. The second kappa shape index (κ2) is 6.95. The first-order chi connectivity index (χ1) is 9.58. The van der Waals surface area contributed by atoms with Crippen LogP contribution >= 0.6 is 0 Å². The first kappa shape index (κ1) is 15.1. The second-order valence-corrected chi connectivity index (χ2v) is 6.23. The molecule has 0 aromatic heterocycles. The Labute approximate surface area is 120 Å². The Morgan fingerprint density at radius 3 is 2.80 bits per heavy atom. The Balaban J connectivity index is 1.75. The fourth-order valence-corrected chi connectivity index (χ4v) is 3.58. The number of fused-ring (bicyclic) bond motifs is 1. The van der Waals surface area contributed by atoms with Crippen molar-refractivity contribution in [3.8, 4) is 0 Å². The molecule has 0 spiro atoms. The maximum atomic E-state index is 12.3. The van der Waals surface area contributed by atoms with Gasteiger partial charge in [-0.25, -0.2) is 4.79 Å². The van der Waals surface area contributed by atoms with Crippen molar-refractivity contribution in [3.63, 3.8) is 0 Å². The molecule has 2 aliphatic rings. The van der Waals surface area contributed by atoms with Crippen molar-refractivity contribution in [1.29, 1.82) is 0 Å². The van der Waals surface area contributed by atoms with Crippen LogP contribution in [0.4, 0.5) is 4.79 Å². The van der Waals surface area contributed by atoms with Crippen molar-refractivity contribution < 1.29 is 14.7 Å². The third-order valence-corrected chi connectivity index (χ3v) is 4.67. The van der Waals surface area contributed by atoms with Gasteiger partial charge >= 0.3 is 12.0 Å². The van der Waals surface area contributed by atoms with E-state index in [1.54, 1.807) is 0 Å². The largest absolute Gasteiger partial charge is 0.481 e. The molecule has 0 radical (unpaired) electrons. The lowest BCUT2D eigenvalue weighted by Crippen LogP contribution is -2.47. The quantitative estimate of drug-likeness (QED) is 0.814. The van der Waals surface area contributed by atoms with Crippen LogP contribution in [0.3, 0.4) is 0 Å². The van der Waals surface area contributed by atoms with E-state index in [4.69, 9.17) is 5.11 Å². The van der Waals surface area contributed by atoms with Gasteiger partial charge < -0.3 is 15.3 Å². The highest BCUT2D eigenvalue weighted by atomic mass is 16.4. The van der Waals surface area contributed by atoms with Gasteiger partial charge in [0.05, 0.1) is 0 Å². The summed E-state index contributed by atoms with van der Waals surface area (Å²) in [6.45, 7) is 2.83. The molecule has 1 saturated heterocycles. The minimum absolute atomic E-state index is 0.0437. The zero-order valence-corrected chi connectivity index (χ0v) is 12.3. The summed E-state index contributed by atoms with van der Waals surface area (Å²) in [6, 6.07) is 0.529. The summed E-state index contributed by atoms with van der Waals surface area (Å²) in [4.78, 5) is 24.8. The lowest BCUT2D eigenvalue weighted by molar-refractivity contribution is -0.137. The summed E-state index contributed by atoms with van der Waals surface area (Å²) in [6.07, 6.45) is 7.61. The molecule has 2 N–H and O–H groups in total. The van der Waals surface area contributed by atoms with E-state index in [0.717, 1.165) is 25.8 Å². The predicted molar refractivity (Wildman–Crippen MR) is 76.5 cm³/mol. The summed E-state index contributed by atoms with van der Waals surface area (Å²) >= 11 is 0. The van der Waals surface area contributed by atoms with Crippen molar-refractivity contribution in [2.24, 2.45) is 5.92 Å². The molecule has 3 unspecified atom stereocenters. The molecular weight excluding hydrogens is 256 g/mol. The Morgan fingerprint density at radius 1 is 1.30 bits per heavy atom. The first-order valence-corrected chi connectivity index (χ1v) is 7.87. The van der Waals surface area contributed by atoms with Crippen LogP contribution in [0.25, 0.3) is 0 Å². The first-order valence-electron chi connectivity index (χ1n) is 7.87. The Hall–Kier alpha value is -1.26. The lowest BCUT2D eigenvalue weighted by atomic mass is 9.85. The van der Waals surface area contributed by atoms with Crippen molar-refractivity contribution in [1.82, 2.24) is 10.2 Å². The van der Waals surface area contributed by atoms with Gasteiger partial charge in [-0.1, -0.05) is 12.8 Å². The number of carboxylic acid groups (broad SMARTS) is 1. The van der Waals surface area contributed by atoms with Gasteiger partial charge in [-0.3, -0.25) is 4.79 Å². The van der Waals surface area contributed by atoms with Crippen LogP contribution in [-0.4, -0.2) is 40.6 Å². The van der Waals surface area contributed by atoms with Crippen molar-refractivity contribution in [3.05, 3.63) is 0 Å². The molecule has 1 heterocycles. The van der Waals surface area contributed by atoms with E-state index in [9.17, 15) is 9.59 Å². The molecule has 2 fully saturated rings. The Morgan fingerprint density at radius 2 is 2.05 bits per heavy atom. The van der Waals surface area contributed by atoms with Gasteiger partial charge in [-0.15, -0.1) is 0 Å². The average molecular weight is 282 g/mol. The van der Waals surface area contributed by atoms with Crippen LogP contribution in [-0.2, 0) is 4.79 Å². The number of hydrogen-bond donors (Lipinski definition) is 2. The predicted octanol–water partition coefficient (Wildman–Crippen LogP) is 2.60. The molecule has 0 aromatic carbocycles. The molecule has 5 nitrogen and oxygen atoms in total. The monoisotopic (exact) mass is 282 g/mol. The zero-order valence-electron chi connectivity index (χ0n) is 12.3. The molecule has 114 valence electrons. The van der Waals surface area contributed by atoms with E-state index in [1.807, 2.05) is 11.8 Å². The van der Waals surface area contributed by atoms with Crippen molar-refractivity contribution in [2.45, 2.75) is 70.4 Å². The third kappa shape index (κ3) is 3.87. The number of nitrogens with one attached hydrogen (secondary N) is 1. The minimum Gasteiger partial charge on any atom is -0.481 e. The molecule has 5 heteroatoms. The average Bonchev–Trinajstić information content (AvgIpc) is 2.82. The molecule has 0 aromatic rings. The molecule has 1 aliphatic heterocycles.